The molecule has 0 bridgehead atoms. The van der Waals surface area contributed by atoms with E-state index in [4.69, 9.17) is 5.11 Å². The van der Waals surface area contributed by atoms with E-state index in [1.54, 1.807) is 0 Å². The topological polar surface area (TPSA) is 37.3 Å². The second kappa shape index (κ2) is 2.07. The van der Waals surface area contributed by atoms with Crippen molar-refractivity contribution in [2.75, 3.05) is 6.61 Å². The lowest BCUT2D eigenvalue weighted by atomic mass is 9.56. The Hall–Kier alpha value is -0.370. The molecular formula is C9H14O2. The normalized spacial score (nSPS) is 48.7. The van der Waals surface area contributed by atoms with E-state index in [9.17, 15) is 4.79 Å². The van der Waals surface area contributed by atoms with Gasteiger partial charge in [-0.1, -0.05) is 6.92 Å². The van der Waals surface area contributed by atoms with Crippen molar-refractivity contribution in [2.24, 2.45) is 17.3 Å². The fourth-order valence-electron chi connectivity index (χ4n) is 2.90. The molecule has 2 nitrogen and oxygen atoms in total. The molecule has 0 unspecified atom stereocenters. The van der Waals surface area contributed by atoms with Gasteiger partial charge in [0.2, 0.25) is 0 Å². The van der Waals surface area contributed by atoms with Crippen molar-refractivity contribution in [1.29, 1.82) is 0 Å². The SMILES string of the molecule is C[C@@]12CCC(=O)[C@@H]1[C@@H](CO)C2. The molecule has 11 heavy (non-hydrogen) atoms. The van der Waals surface area contributed by atoms with E-state index in [2.05, 4.69) is 6.92 Å². The molecule has 2 aliphatic rings. The van der Waals surface area contributed by atoms with E-state index >= 15 is 0 Å². The molecule has 3 atom stereocenters. The maximum absolute atomic E-state index is 11.3. The number of hydrogen-bond donors (Lipinski definition) is 1. The van der Waals surface area contributed by atoms with Gasteiger partial charge in [0.15, 0.2) is 0 Å². The van der Waals surface area contributed by atoms with Gasteiger partial charge < -0.3 is 5.11 Å². The Labute approximate surface area is 66.6 Å². The molecule has 1 N–H and O–H groups in total. The van der Waals surface area contributed by atoms with Crippen molar-refractivity contribution >= 4 is 5.78 Å². The Morgan fingerprint density at radius 1 is 1.73 bits per heavy atom. The Morgan fingerprint density at radius 2 is 2.45 bits per heavy atom. The summed E-state index contributed by atoms with van der Waals surface area (Å²) >= 11 is 0. The summed E-state index contributed by atoms with van der Waals surface area (Å²) in [6.07, 6.45) is 2.85. The molecule has 62 valence electrons. The van der Waals surface area contributed by atoms with Gasteiger partial charge >= 0.3 is 0 Å². The first-order valence-electron chi connectivity index (χ1n) is 4.31. The highest BCUT2D eigenvalue weighted by atomic mass is 16.3. The zero-order chi connectivity index (χ0) is 8.06. The molecule has 0 aromatic heterocycles. The first-order valence-corrected chi connectivity index (χ1v) is 4.31. The van der Waals surface area contributed by atoms with Gasteiger partial charge in [-0.25, -0.2) is 0 Å². The summed E-state index contributed by atoms with van der Waals surface area (Å²) in [4.78, 5) is 11.3. The van der Waals surface area contributed by atoms with Gasteiger partial charge in [0, 0.05) is 18.9 Å². The lowest BCUT2D eigenvalue weighted by molar-refractivity contribution is -0.132. The average Bonchev–Trinajstić information content (AvgIpc) is 2.14. The number of fused-ring (bicyclic) bond motifs is 1. The van der Waals surface area contributed by atoms with Crippen molar-refractivity contribution in [2.45, 2.75) is 26.2 Å². The fourth-order valence-corrected chi connectivity index (χ4v) is 2.90. The van der Waals surface area contributed by atoms with Crippen molar-refractivity contribution in [1.82, 2.24) is 0 Å². The maximum atomic E-state index is 11.3. The zero-order valence-electron chi connectivity index (χ0n) is 6.84. The van der Waals surface area contributed by atoms with Gasteiger partial charge in [-0.05, 0) is 24.2 Å². The molecule has 2 heteroatoms. The molecule has 2 rings (SSSR count). The number of hydrogen-bond acceptors (Lipinski definition) is 2. The molecule has 2 saturated carbocycles. The maximum Gasteiger partial charge on any atom is 0.136 e. The summed E-state index contributed by atoms with van der Waals surface area (Å²) in [5, 5.41) is 8.91. The van der Waals surface area contributed by atoms with Gasteiger partial charge in [0.05, 0.1) is 0 Å². The molecule has 0 aliphatic heterocycles. The van der Waals surface area contributed by atoms with E-state index in [0.717, 1.165) is 19.3 Å². The molecule has 2 aliphatic carbocycles. The summed E-state index contributed by atoms with van der Waals surface area (Å²) in [5.41, 5.74) is 0.268. The van der Waals surface area contributed by atoms with Crippen LogP contribution < -0.4 is 0 Å². The van der Waals surface area contributed by atoms with E-state index in [-0.39, 0.29) is 23.9 Å². The van der Waals surface area contributed by atoms with Crippen molar-refractivity contribution in [3.8, 4) is 0 Å². The minimum Gasteiger partial charge on any atom is -0.396 e. The predicted molar refractivity (Wildman–Crippen MR) is 41.0 cm³/mol. The molecule has 0 aromatic rings. The van der Waals surface area contributed by atoms with Gasteiger partial charge in [0.25, 0.3) is 0 Å². The summed E-state index contributed by atoms with van der Waals surface area (Å²) in [6.45, 7) is 2.38. The Kier molecular flexibility index (Phi) is 1.37. The van der Waals surface area contributed by atoms with Crippen LogP contribution in [0.25, 0.3) is 0 Å². The lowest BCUT2D eigenvalue weighted by Crippen LogP contribution is -2.46. The zero-order valence-corrected chi connectivity index (χ0v) is 6.84. The van der Waals surface area contributed by atoms with Gasteiger partial charge in [-0.15, -0.1) is 0 Å². The molecule has 0 heterocycles. The van der Waals surface area contributed by atoms with Crippen LogP contribution in [0.1, 0.15) is 26.2 Å². The molecule has 2 fully saturated rings. The number of carbonyl (C=O) groups excluding carboxylic acids is 1. The van der Waals surface area contributed by atoms with Crippen molar-refractivity contribution in [3.05, 3.63) is 0 Å². The summed E-state index contributed by atoms with van der Waals surface area (Å²) < 4.78 is 0. The summed E-state index contributed by atoms with van der Waals surface area (Å²) in [6, 6.07) is 0. The van der Waals surface area contributed by atoms with Gasteiger partial charge in [-0.3, -0.25) is 4.79 Å². The summed E-state index contributed by atoms with van der Waals surface area (Å²) in [7, 11) is 0. The van der Waals surface area contributed by atoms with Crippen LogP contribution in [0.3, 0.4) is 0 Å². The van der Waals surface area contributed by atoms with E-state index in [1.807, 2.05) is 0 Å². The van der Waals surface area contributed by atoms with Gasteiger partial charge in [-0.2, -0.15) is 0 Å². The monoisotopic (exact) mass is 154 g/mol. The minimum atomic E-state index is 0.200. The number of ketones is 1. The van der Waals surface area contributed by atoms with Crippen LogP contribution in [0.15, 0.2) is 0 Å². The third kappa shape index (κ3) is 0.791. The smallest absolute Gasteiger partial charge is 0.136 e. The second-order valence-electron chi connectivity index (χ2n) is 4.24. The van der Waals surface area contributed by atoms with Crippen LogP contribution in [0, 0.1) is 17.3 Å². The van der Waals surface area contributed by atoms with Crippen LogP contribution in [-0.2, 0) is 4.79 Å². The Morgan fingerprint density at radius 3 is 3.00 bits per heavy atom. The number of carbonyl (C=O) groups is 1. The van der Waals surface area contributed by atoms with Crippen LogP contribution >= 0.6 is 0 Å². The highest BCUT2D eigenvalue weighted by molar-refractivity contribution is 5.85. The van der Waals surface area contributed by atoms with E-state index in [1.165, 1.54) is 0 Å². The first kappa shape index (κ1) is 7.29. The largest absolute Gasteiger partial charge is 0.396 e. The third-order valence-electron chi connectivity index (χ3n) is 3.47. The minimum absolute atomic E-state index is 0.200. The predicted octanol–water partition coefficient (Wildman–Crippen LogP) is 0.984. The van der Waals surface area contributed by atoms with Crippen LogP contribution in [0.5, 0.6) is 0 Å². The highest BCUT2D eigenvalue weighted by Gasteiger charge is 2.56. The van der Waals surface area contributed by atoms with Crippen molar-refractivity contribution in [3.63, 3.8) is 0 Å². The fraction of sp³-hybridized carbons (Fsp3) is 0.889. The molecule has 0 saturated heterocycles. The number of rotatable bonds is 1. The van der Waals surface area contributed by atoms with Crippen LogP contribution in [0.4, 0.5) is 0 Å². The van der Waals surface area contributed by atoms with Crippen molar-refractivity contribution < 1.29 is 9.90 Å². The van der Waals surface area contributed by atoms with Crippen LogP contribution in [0.2, 0.25) is 0 Å². The number of aliphatic hydroxyl groups excluding tert-OH is 1. The summed E-state index contributed by atoms with van der Waals surface area (Å²) in [5.74, 6) is 0.875. The van der Waals surface area contributed by atoms with Gasteiger partial charge in [0.1, 0.15) is 5.78 Å². The average molecular weight is 154 g/mol. The third-order valence-corrected chi connectivity index (χ3v) is 3.47. The Bertz CT molecular complexity index is 200. The standard InChI is InChI=1S/C9H14O2/c1-9-3-2-7(11)8(9)6(4-9)5-10/h6,8,10H,2-5H2,1H3/t6-,8+,9+/m1/s1. The lowest BCUT2D eigenvalue weighted by Gasteiger charge is -2.47. The Balaban J connectivity index is 2.16. The molecule has 0 amide bonds. The van der Waals surface area contributed by atoms with E-state index < -0.39 is 0 Å². The quantitative estimate of drug-likeness (QED) is 0.611. The molecular weight excluding hydrogens is 140 g/mol. The molecule has 0 aromatic carbocycles. The number of aliphatic hydroxyl groups is 1. The highest BCUT2D eigenvalue weighted by Crippen LogP contribution is 2.58. The molecule has 0 spiro atoms. The number of Topliss-reactive ketones (excluding diaryl/α,β-unsaturated/α-hetero) is 1. The van der Waals surface area contributed by atoms with E-state index in [0.29, 0.717) is 5.78 Å². The van der Waals surface area contributed by atoms with Crippen LogP contribution in [-0.4, -0.2) is 17.5 Å². The second-order valence-corrected chi connectivity index (χ2v) is 4.24. The first-order chi connectivity index (χ1) is 5.17. The molecule has 0 radical (unpaired) electrons.